The van der Waals surface area contributed by atoms with Crippen LogP contribution in [0, 0.1) is 5.41 Å². The van der Waals surface area contributed by atoms with E-state index in [-0.39, 0.29) is 18.6 Å². The molecule has 180 valence electrons. The Balaban J connectivity index is 1.49. The van der Waals surface area contributed by atoms with Gasteiger partial charge in [-0.25, -0.2) is 9.59 Å². The van der Waals surface area contributed by atoms with Gasteiger partial charge in [-0.3, -0.25) is 4.90 Å². The van der Waals surface area contributed by atoms with E-state index in [1.165, 1.54) is 4.90 Å². The Morgan fingerprint density at radius 1 is 0.971 bits per heavy atom. The number of carbonyl (C=O) groups is 2. The summed E-state index contributed by atoms with van der Waals surface area (Å²) in [4.78, 5) is 33.3. The van der Waals surface area contributed by atoms with Gasteiger partial charge in [-0.15, -0.1) is 0 Å². The highest BCUT2D eigenvalue weighted by Gasteiger charge is 2.56. The highest BCUT2D eigenvalue weighted by atomic mass is 16.6. The second-order valence-corrected chi connectivity index (χ2v) is 10.00. The van der Waals surface area contributed by atoms with Crippen LogP contribution in [0.25, 0.3) is 0 Å². The molecule has 2 fully saturated rings. The number of hydrogen-bond acceptors (Lipinski definition) is 6. The topological polar surface area (TPSA) is 77.4 Å². The van der Waals surface area contributed by atoms with Crippen LogP contribution in [0.2, 0.25) is 0 Å². The molecule has 1 aliphatic carbocycles. The Kier molecular flexibility index (Phi) is 6.91. The summed E-state index contributed by atoms with van der Waals surface area (Å²) < 4.78 is 11.2. The van der Waals surface area contributed by atoms with Crippen molar-refractivity contribution in [2.45, 2.75) is 64.9 Å². The van der Waals surface area contributed by atoms with E-state index >= 15 is 0 Å². The van der Waals surface area contributed by atoms with E-state index in [1.54, 1.807) is 20.8 Å². The molecule has 1 heterocycles. The SMILES string of the molecule is CC(C)(C)OC(=O)N1C/C(=N\OCc2ccccc2)C2(CC2)C[C@H]1C(=O)OCc1ccccc1. The average molecular weight is 465 g/mol. The maximum atomic E-state index is 13.1. The molecule has 1 aliphatic heterocycles. The molecule has 0 bridgehead atoms. The van der Waals surface area contributed by atoms with Crippen LogP contribution < -0.4 is 0 Å². The fraction of sp³-hybridized carbons (Fsp3) is 0.444. The fourth-order valence-electron chi connectivity index (χ4n) is 4.11. The first-order valence-corrected chi connectivity index (χ1v) is 11.7. The predicted octanol–water partition coefficient (Wildman–Crippen LogP) is 5.09. The normalized spacial score (nSPS) is 20.1. The molecule has 1 saturated carbocycles. The van der Waals surface area contributed by atoms with Gasteiger partial charge < -0.3 is 14.3 Å². The Bertz CT molecular complexity index is 1030. The van der Waals surface area contributed by atoms with Gasteiger partial charge in [0, 0.05) is 5.41 Å². The van der Waals surface area contributed by atoms with Crippen LogP contribution in [-0.4, -0.2) is 40.9 Å². The van der Waals surface area contributed by atoms with Crippen molar-refractivity contribution in [1.29, 1.82) is 0 Å². The minimum absolute atomic E-state index is 0.159. The molecule has 2 aromatic rings. The quantitative estimate of drug-likeness (QED) is 0.439. The van der Waals surface area contributed by atoms with Crippen molar-refractivity contribution in [3.8, 4) is 0 Å². The number of likely N-dealkylation sites (tertiary alicyclic amines) is 1. The average Bonchev–Trinajstić information content (AvgIpc) is 3.58. The summed E-state index contributed by atoms with van der Waals surface area (Å²) in [7, 11) is 0. The van der Waals surface area contributed by atoms with Crippen molar-refractivity contribution < 1.29 is 23.9 Å². The Morgan fingerprint density at radius 2 is 1.56 bits per heavy atom. The number of amides is 1. The molecule has 34 heavy (non-hydrogen) atoms. The third-order valence-electron chi connectivity index (χ3n) is 6.12. The molecule has 7 nitrogen and oxygen atoms in total. The van der Waals surface area contributed by atoms with E-state index in [0.29, 0.717) is 13.0 Å². The molecule has 0 unspecified atom stereocenters. The number of esters is 1. The number of piperidine rings is 1. The Hall–Kier alpha value is -3.35. The van der Waals surface area contributed by atoms with Gasteiger partial charge >= 0.3 is 12.1 Å². The molecule has 0 aromatic heterocycles. The van der Waals surface area contributed by atoms with Gasteiger partial charge in [-0.1, -0.05) is 65.8 Å². The number of oxime groups is 1. The maximum absolute atomic E-state index is 13.1. The third-order valence-corrected chi connectivity index (χ3v) is 6.12. The van der Waals surface area contributed by atoms with E-state index < -0.39 is 23.7 Å². The molecule has 1 spiro atoms. The first kappa shape index (κ1) is 23.8. The van der Waals surface area contributed by atoms with Gasteiger partial charge in [0.05, 0.1) is 12.3 Å². The van der Waals surface area contributed by atoms with Gasteiger partial charge in [-0.2, -0.15) is 0 Å². The van der Waals surface area contributed by atoms with Crippen LogP contribution in [0.3, 0.4) is 0 Å². The smallest absolute Gasteiger partial charge is 0.411 e. The zero-order valence-electron chi connectivity index (χ0n) is 20.0. The predicted molar refractivity (Wildman–Crippen MR) is 128 cm³/mol. The van der Waals surface area contributed by atoms with Gasteiger partial charge in [0.25, 0.3) is 0 Å². The van der Waals surface area contributed by atoms with Crippen LogP contribution >= 0.6 is 0 Å². The summed E-state index contributed by atoms with van der Waals surface area (Å²) in [6.45, 7) is 6.09. The number of carbonyl (C=O) groups excluding carboxylic acids is 2. The number of rotatable bonds is 6. The summed E-state index contributed by atoms with van der Waals surface area (Å²) in [5, 5.41) is 4.43. The van der Waals surface area contributed by atoms with Gasteiger partial charge in [0.15, 0.2) is 0 Å². The summed E-state index contributed by atoms with van der Waals surface area (Å²) >= 11 is 0. The lowest BCUT2D eigenvalue weighted by atomic mass is 9.86. The summed E-state index contributed by atoms with van der Waals surface area (Å²) in [6.07, 6.45) is 1.71. The van der Waals surface area contributed by atoms with Crippen LogP contribution in [-0.2, 0) is 32.3 Å². The highest BCUT2D eigenvalue weighted by Crippen LogP contribution is 2.54. The van der Waals surface area contributed by atoms with Crippen molar-refractivity contribution in [2.75, 3.05) is 6.54 Å². The van der Waals surface area contributed by atoms with Crippen LogP contribution in [0.5, 0.6) is 0 Å². The third kappa shape index (κ3) is 5.95. The molecule has 1 saturated heterocycles. The van der Waals surface area contributed by atoms with Crippen molar-refractivity contribution in [2.24, 2.45) is 10.6 Å². The number of benzene rings is 2. The van der Waals surface area contributed by atoms with E-state index in [4.69, 9.17) is 14.3 Å². The van der Waals surface area contributed by atoms with E-state index in [1.807, 2.05) is 60.7 Å². The highest BCUT2D eigenvalue weighted by molar-refractivity contribution is 5.99. The standard InChI is InChI=1S/C27H32N2O5/c1-26(2,3)34-25(31)29-17-23(28-33-19-21-12-8-5-9-13-21)27(14-15-27)16-22(29)24(30)32-18-20-10-6-4-7-11-20/h4-13,22H,14-19H2,1-3H3/b28-23+/t22-/m0/s1. The molecule has 4 rings (SSSR count). The van der Waals surface area contributed by atoms with E-state index in [2.05, 4.69) is 5.16 Å². The first-order chi connectivity index (χ1) is 16.3. The van der Waals surface area contributed by atoms with Gasteiger partial charge in [-0.05, 0) is 51.2 Å². The Morgan fingerprint density at radius 3 is 2.12 bits per heavy atom. The van der Waals surface area contributed by atoms with Crippen molar-refractivity contribution in [3.05, 3.63) is 71.8 Å². The zero-order valence-corrected chi connectivity index (χ0v) is 20.0. The number of nitrogens with zero attached hydrogens (tertiary/aromatic N) is 2. The molecule has 2 aromatic carbocycles. The second-order valence-electron chi connectivity index (χ2n) is 10.00. The second kappa shape index (κ2) is 9.87. The minimum Gasteiger partial charge on any atom is -0.459 e. The van der Waals surface area contributed by atoms with Crippen LogP contribution in [0.15, 0.2) is 65.8 Å². The van der Waals surface area contributed by atoms with Crippen LogP contribution in [0.1, 0.15) is 51.2 Å². The minimum atomic E-state index is -0.728. The molecule has 0 N–H and O–H groups in total. The molecule has 0 radical (unpaired) electrons. The summed E-state index contributed by atoms with van der Waals surface area (Å²) in [6, 6.07) is 18.6. The molecule has 7 heteroatoms. The first-order valence-electron chi connectivity index (χ1n) is 11.7. The zero-order chi connectivity index (χ0) is 24.2. The van der Waals surface area contributed by atoms with Crippen molar-refractivity contribution in [1.82, 2.24) is 4.90 Å². The van der Waals surface area contributed by atoms with Crippen LogP contribution in [0.4, 0.5) is 4.79 Å². The Labute approximate surface area is 200 Å². The van der Waals surface area contributed by atoms with E-state index in [9.17, 15) is 9.59 Å². The molecular weight excluding hydrogens is 432 g/mol. The monoisotopic (exact) mass is 464 g/mol. The fourth-order valence-corrected chi connectivity index (χ4v) is 4.11. The van der Waals surface area contributed by atoms with Gasteiger partial charge in [0.2, 0.25) is 0 Å². The van der Waals surface area contributed by atoms with Crippen molar-refractivity contribution in [3.63, 3.8) is 0 Å². The lowest BCUT2D eigenvalue weighted by Crippen LogP contribution is -2.56. The summed E-state index contributed by atoms with van der Waals surface area (Å²) in [5.41, 5.74) is 1.77. The number of ether oxygens (including phenoxy) is 2. The molecule has 2 aliphatic rings. The maximum Gasteiger partial charge on any atom is 0.411 e. The van der Waals surface area contributed by atoms with E-state index in [0.717, 1.165) is 29.7 Å². The lowest BCUT2D eigenvalue weighted by molar-refractivity contribution is -0.152. The van der Waals surface area contributed by atoms with Gasteiger partial charge in [0.1, 0.15) is 24.9 Å². The van der Waals surface area contributed by atoms with Crippen molar-refractivity contribution >= 4 is 17.8 Å². The lowest BCUT2D eigenvalue weighted by Gasteiger charge is -2.39. The number of hydrogen-bond donors (Lipinski definition) is 0. The molecular formula is C27H32N2O5. The molecule has 1 amide bonds. The largest absolute Gasteiger partial charge is 0.459 e. The molecule has 1 atom stereocenters. The summed E-state index contributed by atoms with van der Waals surface area (Å²) in [5.74, 6) is -0.426.